The number of carbonyl (C=O) groups is 1. The van der Waals surface area contributed by atoms with E-state index in [9.17, 15) is 9.90 Å². The average molecular weight is 445 g/mol. The van der Waals surface area contributed by atoms with Crippen LogP contribution < -0.4 is 0 Å². The number of rotatable bonds is 10. The van der Waals surface area contributed by atoms with Gasteiger partial charge in [-0.25, -0.2) is 0 Å². The molecule has 5 atom stereocenters. The van der Waals surface area contributed by atoms with E-state index in [2.05, 4.69) is 60.6 Å². The normalized spacial score (nSPS) is 32.0. The van der Waals surface area contributed by atoms with Gasteiger partial charge in [-0.05, 0) is 108 Å². The zero-order valence-electron chi connectivity index (χ0n) is 22.5. The van der Waals surface area contributed by atoms with Gasteiger partial charge >= 0.3 is 0 Å². The van der Waals surface area contributed by atoms with Gasteiger partial charge in [-0.2, -0.15) is 0 Å². The van der Waals surface area contributed by atoms with Gasteiger partial charge in [0.2, 0.25) is 0 Å². The molecule has 0 aromatic heterocycles. The molecule has 0 unspecified atom stereocenters. The van der Waals surface area contributed by atoms with E-state index in [4.69, 9.17) is 0 Å². The van der Waals surface area contributed by atoms with E-state index in [1.165, 1.54) is 43.3 Å². The molecule has 2 aliphatic carbocycles. The summed E-state index contributed by atoms with van der Waals surface area (Å²) < 4.78 is 0. The zero-order valence-corrected chi connectivity index (χ0v) is 22.5. The molecule has 2 fully saturated rings. The van der Waals surface area contributed by atoms with E-state index >= 15 is 0 Å². The first-order valence-corrected chi connectivity index (χ1v) is 13.3. The van der Waals surface area contributed by atoms with Crippen molar-refractivity contribution in [1.29, 1.82) is 0 Å². The van der Waals surface area contributed by atoms with Crippen molar-refractivity contribution in [2.75, 3.05) is 0 Å². The molecule has 2 saturated carbocycles. The Morgan fingerprint density at radius 3 is 2.38 bits per heavy atom. The first-order valence-electron chi connectivity index (χ1n) is 13.3. The monoisotopic (exact) mass is 444 g/mol. The molecule has 0 amide bonds. The second-order valence-corrected chi connectivity index (χ2v) is 12.7. The number of carbonyl (C=O) groups excluding carboxylic acids is 1. The van der Waals surface area contributed by atoms with E-state index in [0.717, 1.165) is 31.6 Å². The molecule has 0 aromatic rings. The second-order valence-electron chi connectivity index (χ2n) is 12.7. The third-order valence-electron chi connectivity index (χ3n) is 9.22. The lowest BCUT2D eigenvalue weighted by molar-refractivity contribution is -0.138. The summed E-state index contributed by atoms with van der Waals surface area (Å²) in [6.07, 6.45) is 15.9. The molecule has 0 aliphatic heterocycles. The van der Waals surface area contributed by atoms with E-state index in [0.29, 0.717) is 35.5 Å². The van der Waals surface area contributed by atoms with E-state index < -0.39 is 5.60 Å². The highest BCUT2D eigenvalue weighted by molar-refractivity contribution is 5.86. The van der Waals surface area contributed by atoms with Crippen molar-refractivity contribution in [3.63, 3.8) is 0 Å². The Morgan fingerprint density at radius 2 is 1.72 bits per heavy atom. The second kappa shape index (κ2) is 11.0. The highest BCUT2D eigenvalue weighted by atomic mass is 16.3. The van der Waals surface area contributed by atoms with Gasteiger partial charge in [-0.3, -0.25) is 4.79 Å². The molecule has 0 radical (unpaired) electrons. The van der Waals surface area contributed by atoms with Gasteiger partial charge in [0.1, 0.15) is 5.60 Å². The quantitative estimate of drug-likeness (QED) is 0.343. The van der Waals surface area contributed by atoms with Crippen LogP contribution in [-0.4, -0.2) is 16.5 Å². The number of fused-ring (bicyclic) bond motifs is 1. The van der Waals surface area contributed by atoms with Crippen LogP contribution in [0.1, 0.15) is 126 Å². The number of hydrogen-bond donors (Lipinski definition) is 1. The first-order chi connectivity index (χ1) is 14.8. The molecule has 2 aliphatic rings. The van der Waals surface area contributed by atoms with Crippen LogP contribution in [0.3, 0.4) is 0 Å². The summed E-state index contributed by atoms with van der Waals surface area (Å²) in [5.41, 5.74) is 2.25. The van der Waals surface area contributed by atoms with Crippen molar-refractivity contribution < 1.29 is 9.90 Å². The number of allylic oxidation sites excluding steroid dienone is 4. The predicted octanol–water partition coefficient (Wildman–Crippen LogP) is 8.44. The third-order valence-corrected chi connectivity index (χ3v) is 9.22. The molecule has 0 spiro atoms. The Hall–Kier alpha value is -0.890. The number of ketones is 1. The number of Topliss-reactive ketones (excluding diaryl/α,β-unsaturated/α-hetero) is 1. The van der Waals surface area contributed by atoms with Crippen molar-refractivity contribution in [1.82, 2.24) is 0 Å². The van der Waals surface area contributed by atoms with Crippen LogP contribution in [0.5, 0.6) is 0 Å². The van der Waals surface area contributed by atoms with Gasteiger partial charge < -0.3 is 5.11 Å². The van der Waals surface area contributed by atoms with Crippen molar-refractivity contribution in [3.05, 3.63) is 23.3 Å². The first kappa shape index (κ1) is 27.4. The minimum Gasteiger partial charge on any atom is -0.382 e. The molecule has 0 saturated heterocycles. The molecule has 0 aromatic carbocycles. The van der Waals surface area contributed by atoms with Crippen LogP contribution in [-0.2, 0) is 4.79 Å². The van der Waals surface area contributed by atoms with Crippen molar-refractivity contribution in [2.24, 2.45) is 28.6 Å². The molecule has 2 heteroatoms. The molecular formula is C30H52O2. The third kappa shape index (κ3) is 6.81. The maximum absolute atomic E-state index is 13.1. The lowest BCUT2D eigenvalue weighted by Gasteiger charge is -2.59. The fourth-order valence-electron chi connectivity index (χ4n) is 7.21. The van der Waals surface area contributed by atoms with Crippen LogP contribution in [0.2, 0.25) is 0 Å². The van der Waals surface area contributed by atoms with Gasteiger partial charge in [0.15, 0.2) is 5.78 Å². The molecule has 2 rings (SSSR count). The largest absolute Gasteiger partial charge is 0.382 e. The van der Waals surface area contributed by atoms with E-state index in [-0.39, 0.29) is 5.78 Å². The van der Waals surface area contributed by atoms with Gasteiger partial charge in [-0.15, -0.1) is 0 Å². The maximum atomic E-state index is 13.1. The van der Waals surface area contributed by atoms with E-state index in [1.54, 1.807) is 6.92 Å². The van der Waals surface area contributed by atoms with Gasteiger partial charge in [-0.1, -0.05) is 63.8 Å². The summed E-state index contributed by atoms with van der Waals surface area (Å²) in [6, 6.07) is 0. The smallest absolute Gasteiger partial charge is 0.164 e. The Morgan fingerprint density at radius 1 is 1.03 bits per heavy atom. The van der Waals surface area contributed by atoms with Gasteiger partial charge in [0.25, 0.3) is 0 Å². The molecule has 184 valence electrons. The fourth-order valence-corrected chi connectivity index (χ4v) is 7.21. The molecule has 32 heavy (non-hydrogen) atoms. The summed E-state index contributed by atoms with van der Waals surface area (Å²) in [5, 5.41) is 10.9. The minimum atomic E-state index is -1.21. The van der Waals surface area contributed by atoms with Crippen molar-refractivity contribution in [3.8, 4) is 0 Å². The van der Waals surface area contributed by atoms with Crippen LogP contribution in [0.25, 0.3) is 0 Å². The average Bonchev–Trinajstić information content (AvgIpc) is 2.66. The molecule has 1 N–H and O–H groups in total. The summed E-state index contributed by atoms with van der Waals surface area (Å²) in [4.78, 5) is 13.1. The van der Waals surface area contributed by atoms with Gasteiger partial charge in [0, 0.05) is 6.42 Å². The SMILES string of the molecule is CC(C)=CCC/C(C)=C/CC[C@](C)(O)C(=O)CC[C@H]1[C@@H](C)CC[C@H]2C(C)(C)CCC[C@]12C. The Bertz CT molecular complexity index is 692. The summed E-state index contributed by atoms with van der Waals surface area (Å²) in [6.45, 7) is 18.0. The lowest BCUT2D eigenvalue weighted by atomic mass is 9.46. The molecular weight excluding hydrogens is 392 g/mol. The topological polar surface area (TPSA) is 37.3 Å². The molecule has 0 bridgehead atoms. The maximum Gasteiger partial charge on any atom is 0.164 e. The standard InChI is InChI=1S/C30H52O2/c1-22(2)12-9-13-23(3)14-10-21-30(8,32)27(31)18-16-25-24(4)15-17-26-28(5,6)19-11-20-29(25,26)7/h12,14,24-26,32H,9-11,13,15-21H2,1-8H3/b23-14+/t24-,25-,26-,29+,30-/m0/s1. The Labute approximate surface area is 199 Å². The number of aliphatic hydroxyl groups is 1. The summed E-state index contributed by atoms with van der Waals surface area (Å²) >= 11 is 0. The minimum absolute atomic E-state index is 0.0427. The molecule has 2 nitrogen and oxygen atoms in total. The summed E-state index contributed by atoms with van der Waals surface area (Å²) in [7, 11) is 0. The van der Waals surface area contributed by atoms with Gasteiger partial charge in [0.05, 0.1) is 0 Å². The zero-order chi connectivity index (χ0) is 24.2. The lowest BCUT2D eigenvalue weighted by Crippen LogP contribution is -2.51. The highest BCUT2D eigenvalue weighted by Gasteiger charge is 2.53. The van der Waals surface area contributed by atoms with Crippen LogP contribution >= 0.6 is 0 Å². The van der Waals surface area contributed by atoms with Crippen LogP contribution in [0.15, 0.2) is 23.3 Å². The fraction of sp³-hybridized carbons (Fsp3) is 0.833. The Balaban J connectivity index is 1.92. The van der Waals surface area contributed by atoms with Crippen molar-refractivity contribution in [2.45, 2.75) is 132 Å². The van der Waals surface area contributed by atoms with Crippen LogP contribution in [0, 0.1) is 28.6 Å². The Kier molecular flexibility index (Phi) is 9.42. The van der Waals surface area contributed by atoms with Crippen molar-refractivity contribution >= 4 is 5.78 Å². The van der Waals surface area contributed by atoms with E-state index in [1.807, 2.05) is 0 Å². The number of hydrogen-bond acceptors (Lipinski definition) is 2. The summed E-state index contributed by atoms with van der Waals surface area (Å²) in [5.74, 6) is 2.08. The molecule has 0 heterocycles. The predicted molar refractivity (Wildman–Crippen MR) is 138 cm³/mol. The van der Waals surface area contributed by atoms with Crippen LogP contribution in [0.4, 0.5) is 0 Å². The highest BCUT2D eigenvalue weighted by Crippen LogP contribution is 2.62.